The van der Waals surface area contributed by atoms with Gasteiger partial charge in [-0.25, -0.2) is 4.39 Å². The fourth-order valence-electron chi connectivity index (χ4n) is 3.78. The van der Waals surface area contributed by atoms with Crippen LogP contribution < -0.4 is 9.64 Å². The Hall–Kier alpha value is -2.67. The first-order chi connectivity index (χ1) is 15.2. The molecule has 7 heteroatoms. The van der Waals surface area contributed by atoms with Crippen molar-refractivity contribution in [3.05, 3.63) is 41.5 Å². The number of carboxylic acid groups (broad SMARTS) is 1. The van der Waals surface area contributed by atoms with Gasteiger partial charge in [-0.2, -0.15) is 0 Å². The zero-order chi connectivity index (χ0) is 25.0. The first-order valence-electron chi connectivity index (χ1n) is 11.2. The molecule has 0 saturated carbocycles. The predicted molar refractivity (Wildman–Crippen MR) is 129 cm³/mol. The van der Waals surface area contributed by atoms with Crippen molar-refractivity contribution in [3.8, 4) is 16.9 Å². The summed E-state index contributed by atoms with van der Waals surface area (Å²) in [7, 11) is 1.54. The number of aryl methyl sites for hydroxylation is 1. The molecule has 2 N–H and O–H groups in total. The van der Waals surface area contributed by atoms with Gasteiger partial charge in [-0.3, -0.25) is 9.78 Å². The van der Waals surface area contributed by atoms with Crippen LogP contribution in [0.4, 0.5) is 10.1 Å². The van der Waals surface area contributed by atoms with E-state index in [-0.39, 0.29) is 17.7 Å². The van der Waals surface area contributed by atoms with E-state index in [0.717, 1.165) is 31.6 Å². The molecule has 182 valence electrons. The van der Waals surface area contributed by atoms with E-state index in [1.807, 2.05) is 6.92 Å². The largest absolute Gasteiger partial charge is 0.496 e. The second-order valence-corrected chi connectivity index (χ2v) is 10.3. The fourth-order valence-corrected chi connectivity index (χ4v) is 3.78. The number of ether oxygens (including phenoxy) is 1. The van der Waals surface area contributed by atoms with Crippen LogP contribution in [0.15, 0.2) is 24.4 Å². The summed E-state index contributed by atoms with van der Waals surface area (Å²) in [6, 6.07) is 4.36. The first-order valence-corrected chi connectivity index (χ1v) is 11.2. The van der Waals surface area contributed by atoms with Gasteiger partial charge in [-0.05, 0) is 64.2 Å². The van der Waals surface area contributed by atoms with Gasteiger partial charge >= 0.3 is 5.97 Å². The number of hydrogen-bond acceptors (Lipinski definition) is 5. The minimum absolute atomic E-state index is 0.125. The molecule has 3 rings (SSSR count). The summed E-state index contributed by atoms with van der Waals surface area (Å²) in [6.45, 7) is 13.2. The topological polar surface area (TPSA) is 82.9 Å². The molecule has 1 aromatic carbocycles. The van der Waals surface area contributed by atoms with Crippen LogP contribution in [0.3, 0.4) is 0 Å². The minimum atomic E-state index is -0.910. The molecule has 0 unspecified atom stereocenters. The Kier molecular flexibility index (Phi) is 8.46. The highest BCUT2D eigenvalue weighted by Crippen LogP contribution is 2.42. The Morgan fingerprint density at radius 2 is 1.79 bits per heavy atom. The van der Waals surface area contributed by atoms with E-state index in [0.29, 0.717) is 28.1 Å². The molecule has 0 spiro atoms. The molecule has 0 radical (unpaired) electrons. The molecular weight excluding hydrogens is 423 g/mol. The second-order valence-electron chi connectivity index (χ2n) is 10.3. The van der Waals surface area contributed by atoms with Gasteiger partial charge in [0.1, 0.15) is 11.6 Å². The summed E-state index contributed by atoms with van der Waals surface area (Å²) in [5.41, 5.74) is 3.23. The van der Waals surface area contributed by atoms with Gasteiger partial charge in [0, 0.05) is 41.7 Å². The van der Waals surface area contributed by atoms with E-state index in [1.165, 1.54) is 12.1 Å². The number of carboxylic acids is 1. The van der Waals surface area contributed by atoms with Crippen LogP contribution in [0.2, 0.25) is 0 Å². The Bertz CT molecular complexity index is 967. The zero-order valence-electron chi connectivity index (χ0n) is 20.8. The number of aromatic nitrogens is 1. The van der Waals surface area contributed by atoms with Crippen molar-refractivity contribution in [3.63, 3.8) is 0 Å². The number of piperidine rings is 1. The molecule has 6 nitrogen and oxygen atoms in total. The molecule has 1 aromatic heterocycles. The minimum Gasteiger partial charge on any atom is -0.496 e. The molecule has 2 heterocycles. The van der Waals surface area contributed by atoms with Gasteiger partial charge in [0.15, 0.2) is 0 Å². The van der Waals surface area contributed by atoms with Gasteiger partial charge in [0.05, 0.1) is 24.8 Å². The van der Waals surface area contributed by atoms with Gasteiger partial charge in [0.25, 0.3) is 0 Å². The summed E-state index contributed by atoms with van der Waals surface area (Å²) in [6.07, 6.45) is 3.58. The van der Waals surface area contributed by atoms with E-state index >= 15 is 0 Å². The molecule has 1 fully saturated rings. The number of rotatable bonds is 5. The van der Waals surface area contributed by atoms with Gasteiger partial charge in [-0.15, -0.1) is 0 Å². The maximum absolute atomic E-state index is 14.1. The van der Waals surface area contributed by atoms with Gasteiger partial charge in [0.2, 0.25) is 0 Å². The van der Waals surface area contributed by atoms with Crippen LogP contribution in [0.25, 0.3) is 11.1 Å². The number of carbonyl (C=O) groups is 1. The number of aliphatic hydroxyl groups is 1. The number of anilines is 1. The molecule has 0 bridgehead atoms. The molecule has 0 atom stereocenters. The number of hydrogen-bond donors (Lipinski definition) is 2. The summed E-state index contributed by atoms with van der Waals surface area (Å²) < 4.78 is 19.5. The molecule has 0 aliphatic carbocycles. The average Bonchev–Trinajstić information content (AvgIpc) is 2.68. The van der Waals surface area contributed by atoms with Crippen LogP contribution in [0.5, 0.6) is 5.75 Å². The van der Waals surface area contributed by atoms with Crippen molar-refractivity contribution in [1.29, 1.82) is 0 Å². The highest BCUT2D eigenvalue weighted by atomic mass is 19.1. The van der Waals surface area contributed by atoms with Crippen LogP contribution in [0.1, 0.15) is 58.7 Å². The summed E-state index contributed by atoms with van der Waals surface area (Å²) >= 11 is 0. The third-order valence-electron chi connectivity index (χ3n) is 5.58. The SMILES string of the molecule is CC(C)(C)O.COc1ccc(F)cc1-c1cnc(C)c(CC(=O)O)c1N1CCC(C)(C)CC1. The van der Waals surface area contributed by atoms with Crippen molar-refractivity contribution in [2.45, 2.75) is 66.4 Å². The van der Waals surface area contributed by atoms with E-state index in [9.17, 15) is 14.3 Å². The molecule has 1 saturated heterocycles. The molecule has 33 heavy (non-hydrogen) atoms. The predicted octanol–water partition coefficient (Wildman–Crippen LogP) is 5.24. The van der Waals surface area contributed by atoms with Crippen molar-refractivity contribution in [1.82, 2.24) is 4.98 Å². The highest BCUT2D eigenvalue weighted by molar-refractivity contribution is 5.86. The highest BCUT2D eigenvalue weighted by Gasteiger charge is 2.30. The Balaban J connectivity index is 0.000000696. The Morgan fingerprint density at radius 3 is 2.30 bits per heavy atom. The Labute approximate surface area is 196 Å². The number of halogens is 1. The average molecular weight is 461 g/mol. The fraction of sp³-hybridized carbons (Fsp3) is 0.538. The maximum Gasteiger partial charge on any atom is 0.307 e. The van der Waals surface area contributed by atoms with E-state index in [1.54, 1.807) is 40.1 Å². The first kappa shape index (κ1) is 26.6. The van der Waals surface area contributed by atoms with Gasteiger partial charge in [-0.1, -0.05) is 13.8 Å². The molecular formula is C26H37FN2O4. The maximum atomic E-state index is 14.1. The molecule has 1 aliphatic heterocycles. The van der Waals surface area contributed by atoms with Crippen LogP contribution in [-0.4, -0.2) is 47.0 Å². The number of pyridine rings is 1. The van der Waals surface area contributed by atoms with E-state index in [4.69, 9.17) is 9.84 Å². The third kappa shape index (κ3) is 7.70. The summed E-state index contributed by atoms with van der Waals surface area (Å²) in [5, 5.41) is 18.0. The van der Waals surface area contributed by atoms with Crippen molar-refractivity contribution in [2.24, 2.45) is 5.41 Å². The smallest absolute Gasteiger partial charge is 0.307 e. The zero-order valence-corrected chi connectivity index (χ0v) is 20.8. The number of aliphatic carboxylic acids is 1. The molecule has 2 aromatic rings. The number of methoxy groups -OCH3 is 1. The quantitative estimate of drug-likeness (QED) is 0.635. The monoisotopic (exact) mass is 460 g/mol. The standard InChI is InChI=1S/C22H27FN2O3.C4H10O/c1-14-16(12-20(26)27)21(25-9-7-22(2,3)8-10-25)18(13-24-14)17-11-15(23)5-6-19(17)28-4;1-4(2,3)5/h5-6,11,13H,7-10,12H2,1-4H3,(H,26,27);5H,1-3H3. The van der Waals surface area contributed by atoms with Crippen LogP contribution >= 0.6 is 0 Å². The molecule has 0 amide bonds. The van der Waals surface area contributed by atoms with Crippen molar-refractivity contribution >= 4 is 11.7 Å². The van der Waals surface area contributed by atoms with Crippen molar-refractivity contribution < 1.29 is 24.1 Å². The molecule has 1 aliphatic rings. The lowest BCUT2D eigenvalue weighted by Gasteiger charge is -2.40. The lowest BCUT2D eigenvalue weighted by Crippen LogP contribution is -2.38. The second kappa shape index (κ2) is 10.5. The summed E-state index contributed by atoms with van der Waals surface area (Å²) in [5.74, 6) is -0.749. The Morgan fingerprint density at radius 1 is 1.21 bits per heavy atom. The van der Waals surface area contributed by atoms with Crippen LogP contribution in [0, 0.1) is 18.2 Å². The summed E-state index contributed by atoms with van der Waals surface area (Å²) in [4.78, 5) is 18.2. The lowest BCUT2D eigenvalue weighted by atomic mass is 9.82. The normalized spacial score (nSPS) is 15.5. The third-order valence-corrected chi connectivity index (χ3v) is 5.58. The van der Waals surface area contributed by atoms with E-state index in [2.05, 4.69) is 23.7 Å². The van der Waals surface area contributed by atoms with Crippen molar-refractivity contribution in [2.75, 3.05) is 25.1 Å². The number of benzene rings is 1. The van der Waals surface area contributed by atoms with Crippen LogP contribution in [-0.2, 0) is 11.2 Å². The number of nitrogens with zero attached hydrogens (tertiary/aromatic N) is 2. The van der Waals surface area contributed by atoms with E-state index < -0.39 is 11.6 Å². The lowest BCUT2D eigenvalue weighted by molar-refractivity contribution is -0.136. The van der Waals surface area contributed by atoms with Gasteiger partial charge < -0.3 is 19.8 Å².